The van der Waals surface area contributed by atoms with Gasteiger partial charge in [0.05, 0.1) is 22.5 Å². The van der Waals surface area contributed by atoms with Gasteiger partial charge in [0.25, 0.3) is 5.56 Å². The van der Waals surface area contributed by atoms with E-state index in [-0.39, 0.29) is 11.5 Å². The van der Waals surface area contributed by atoms with Crippen LogP contribution in [-0.4, -0.2) is 32.0 Å². The molecular weight excluding hydrogens is 402 g/mol. The first kappa shape index (κ1) is 21.5. The molecule has 0 fully saturated rings. The predicted octanol–water partition coefficient (Wildman–Crippen LogP) is 3.43. The second-order valence-electron chi connectivity index (χ2n) is 8.09. The number of hydrogen-bond donors (Lipinski definition) is 1. The van der Waals surface area contributed by atoms with Gasteiger partial charge in [-0.25, -0.2) is 9.36 Å². The van der Waals surface area contributed by atoms with Crippen molar-refractivity contribution < 1.29 is 4.79 Å². The minimum Gasteiger partial charge on any atom is -0.354 e. The predicted molar refractivity (Wildman–Crippen MR) is 125 cm³/mol. The van der Waals surface area contributed by atoms with Gasteiger partial charge in [0, 0.05) is 6.54 Å². The smallest absolute Gasteiger partial charge is 0.295 e. The monoisotopic (exact) mass is 429 g/mol. The first-order valence-corrected chi connectivity index (χ1v) is 10.7. The number of carbonyl (C=O) groups is 1. The molecule has 1 atom stereocenters. The van der Waals surface area contributed by atoms with Gasteiger partial charge in [0.1, 0.15) is 6.04 Å². The highest BCUT2D eigenvalue weighted by atomic mass is 16.2. The number of nitrogens with zero attached hydrogens (tertiary/aromatic N) is 4. The van der Waals surface area contributed by atoms with Crippen molar-refractivity contribution in [1.82, 2.24) is 24.9 Å². The molecule has 0 radical (unpaired) electrons. The van der Waals surface area contributed by atoms with Gasteiger partial charge in [-0.15, -0.1) is 0 Å². The minimum absolute atomic E-state index is 0.246. The summed E-state index contributed by atoms with van der Waals surface area (Å²) in [6, 6.07) is 17.2. The lowest BCUT2D eigenvalue weighted by molar-refractivity contribution is -0.124. The largest absolute Gasteiger partial charge is 0.354 e. The van der Waals surface area contributed by atoms with Gasteiger partial charge in [-0.3, -0.25) is 9.59 Å². The minimum atomic E-state index is -0.744. The van der Waals surface area contributed by atoms with Crippen molar-refractivity contribution in [2.75, 3.05) is 6.54 Å². The Labute approximate surface area is 186 Å². The maximum absolute atomic E-state index is 13.2. The number of fused-ring (bicyclic) bond motifs is 1. The summed E-state index contributed by atoms with van der Waals surface area (Å²) in [6.45, 7) is 7.96. The summed E-state index contributed by atoms with van der Waals surface area (Å²) in [6.07, 6.45) is 0.722. The van der Waals surface area contributed by atoms with Gasteiger partial charge in [0.15, 0.2) is 5.52 Å². The van der Waals surface area contributed by atoms with E-state index in [1.165, 1.54) is 4.68 Å². The Kier molecular flexibility index (Phi) is 5.90. The Balaban J connectivity index is 1.61. The molecular formula is C25H27N5O2. The van der Waals surface area contributed by atoms with Crippen molar-refractivity contribution in [3.63, 3.8) is 0 Å². The SMILES string of the molecule is Cc1ccc(-n2nc3c(=O)n([C@H](C)C(=O)NCCc4ccccc4)nc(C)c3c2C)cc1. The lowest BCUT2D eigenvalue weighted by Gasteiger charge is -2.15. The standard InChI is InChI=1S/C25H27N5O2/c1-16-10-12-21(13-11-16)29-18(3)22-17(2)27-30(25(32)23(22)28-29)19(4)24(31)26-15-14-20-8-6-5-7-9-20/h5-13,19H,14-15H2,1-4H3,(H,26,31)/t19-/m1/s1. The molecule has 0 aliphatic heterocycles. The van der Waals surface area contributed by atoms with E-state index in [1.807, 2.05) is 75.4 Å². The van der Waals surface area contributed by atoms with Crippen molar-refractivity contribution in [2.45, 2.75) is 40.2 Å². The van der Waals surface area contributed by atoms with E-state index in [0.29, 0.717) is 17.8 Å². The molecule has 4 rings (SSSR count). The maximum Gasteiger partial charge on any atom is 0.295 e. The number of hydrogen-bond acceptors (Lipinski definition) is 4. The fourth-order valence-electron chi connectivity index (χ4n) is 3.88. The second kappa shape index (κ2) is 8.78. The molecule has 1 amide bonds. The summed E-state index contributed by atoms with van der Waals surface area (Å²) in [4.78, 5) is 25.9. The molecule has 7 nitrogen and oxygen atoms in total. The first-order valence-electron chi connectivity index (χ1n) is 10.7. The number of amides is 1. The van der Waals surface area contributed by atoms with Gasteiger partial charge in [-0.1, -0.05) is 48.0 Å². The quantitative estimate of drug-likeness (QED) is 0.509. The van der Waals surface area contributed by atoms with E-state index in [4.69, 9.17) is 0 Å². The van der Waals surface area contributed by atoms with Gasteiger partial charge >= 0.3 is 0 Å². The molecule has 2 aromatic carbocycles. The van der Waals surface area contributed by atoms with E-state index < -0.39 is 6.04 Å². The normalized spacial score (nSPS) is 12.1. The van der Waals surface area contributed by atoms with Crippen LogP contribution < -0.4 is 10.9 Å². The highest BCUT2D eigenvalue weighted by Gasteiger charge is 2.23. The fourth-order valence-corrected chi connectivity index (χ4v) is 3.88. The van der Waals surface area contributed by atoms with Crippen molar-refractivity contribution in [3.05, 3.63) is 87.5 Å². The van der Waals surface area contributed by atoms with Crippen LogP contribution in [0.3, 0.4) is 0 Å². The molecule has 0 unspecified atom stereocenters. The number of carbonyl (C=O) groups excluding carboxylic acids is 1. The molecule has 4 aromatic rings. The third kappa shape index (κ3) is 4.06. The van der Waals surface area contributed by atoms with Crippen LogP contribution in [0.4, 0.5) is 0 Å². The van der Waals surface area contributed by atoms with E-state index in [0.717, 1.165) is 34.3 Å². The van der Waals surface area contributed by atoms with Crippen LogP contribution in [0.25, 0.3) is 16.6 Å². The van der Waals surface area contributed by atoms with E-state index >= 15 is 0 Å². The first-order chi connectivity index (χ1) is 15.4. The van der Waals surface area contributed by atoms with Gasteiger partial charge in [-0.05, 0) is 51.8 Å². The highest BCUT2D eigenvalue weighted by molar-refractivity contribution is 5.84. The summed E-state index contributed by atoms with van der Waals surface area (Å²) in [7, 11) is 0. The van der Waals surface area contributed by atoms with Crippen LogP contribution in [-0.2, 0) is 11.2 Å². The van der Waals surface area contributed by atoms with Crippen molar-refractivity contribution in [3.8, 4) is 5.69 Å². The summed E-state index contributed by atoms with van der Waals surface area (Å²) in [5, 5.41) is 12.7. The molecule has 0 saturated heterocycles. The van der Waals surface area contributed by atoms with Crippen molar-refractivity contribution in [1.29, 1.82) is 0 Å². The zero-order chi connectivity index (χ0) is 22.8. The van der Waals surface area contributed by atoms with E-state index in [2.05, 4.69) is 15.5 Å². The number of nitrogens with one attached hydrogen (secondary N) is 1. The lowest BCUT2D eigenvalue weighted by atomic mass is 10.1. The molecule has 2 aromatic heterocycles. The highest BCUT2D eigenvalue weighted by Crippen LogP contribution is 2.22. The Morgan fingerprint density at radius 3 is 2.38 bits per heavy atom. The Hall–Kier alpha value is -3.74. The van der Waals surface area contributed by atoms with Crippen LogP contribution in [0.5, 0.6) is 0 Å². The molecule has 7 heteroatoms. The average Bonchev–Trinajstić information content (AvgIpc) is 3.15. The van der Waals surface area contributed by atoms with Crippen LogP contribution in [0.2, 0.25) is 0 Å². The summed E-state index contributed by atoms with van der Waals surface area (Å²) >= 11 is 0. The zero-order valence-corrected chi connectivity index (χ0v) is 18.8. The van der Waals surface area contributed by atoms with E-state index in [1.54, 1.807) is 11.6 Å². The molecule has 0 bridgehead atoms. The average molecular weight is 430 g/mol. The number of benzene rings is 2. The van der Waals surface area contributed by atoms with Crippen molar-refractivity contribution >= 4 is 16.8 Å². The fraction of sp³-hybridized carbons (Fsp3) is 0.280. The Morgan fingerprint density at radius 2 is 1.69 bits per heavy atom. The Bertz CT molecular complexity index is 1320. The molecule has 0 aliphatic rings. The summed E-state index contributed by atoms with van der Waals surface area (Å²) in [5.41, 5.74) is 4.63. The summed E-state index contributed by atoms with van der Waals surface area (Å²) in [5.74, 6) is -0.246. The van der Waals surface area contributed by atoms with Gasteiger partial charge < -0.3 is 5.32 Å². The van der Waals surface area contributed by atoms with E-state index in [9.17, 15) is 9.59 Å². The topological polar surface area (TPSA) is 81.8 Å². The molecule has 32 heavy (non-hydrogen) atoms. The molecule has 164 valence electrons. The van der Waals surface area contributed by atoms with Crippen molar-refractivity contribution in [2.24, 2.45) is 0 Å². The molecule has 0 aliphatic carbocycles. The molecule has 1 N–H and O–H groups in total. The van der Waals surface area contributed by atoms with Crippen LogP contribution in [0.15, 0.2) is 59.4 Å². The summed E-state index contributed by atoms with van der Waals surface area (Å²) < 4.78 is 3.00. The van der Waals surface area contributed by atoms with Gasteiger partial charge in [-0.2, -0.15) is 10.2 Å². The van der Waals surface area contributed by atoms with Crippen LogP contribution in [0, 0.1) is 20.8 Å². The van der Waals surface area contributed by atoms with Gasteiger partial charge in [0.2, 0.25) is 5.91 Å². The molecule has 0 spiro atoms. The molecule has 0 saturated carbocycles. The number of rotatable bonds is 6. The lowest BCUT2D eigenvalue weighted by Crippen LogP contribution is -2.38. The number of aromatic nitrogens is 4. The third-order valence-corrected chi connectivity index (χ3v) is 5.73. The number of aryl methyl sites for hydroxylation is 3. The second-order valence-corrected chi connectivity index (χ2v) is 8.09. The van der Waals surface area contributed by atoms with Crippen LogP contribution in [0.1, 0.15) is 35.5 Å². The Morgan fingerprint density at radius 1 is 1.00 bits per heavy atom. The van der Waals surface area contributed by atoms with Crippen LogP contribution >= 0.6 is 0 Å². The maximum atomic E-state index is 13.2. The zero-order valence-electron chi connectivity index (χ0n) is 18.8. The molecule has 2 heterocycles. The third-order valence-electron chi connectivity index (χ3n) is 5.73.